The Labute approximate surface area is 114 Å². The molecule has 3 nitrogen and oxygen atoms in total. The lowest BCUT2D eigenvalue weighted by Crippen LogP contribution is -2.44. The minimum absolute atomic E-state index is 0.0306. The van der Waals surface area contributed by atoms with E-state index in [0.717, 1.165) is 5.56 Å². The molecular weight excluding hydrogens is 243 g/mol. The molecule has 0 bridgehead atoms. The maximum Gasteiger partial charge on any atom is 0.236 e. The van der Waals surface area contributed by atoms with Gasteiger partial charge in [0.05, 0.1) is 6.04 Å². The van der Waals surface area contributed by atoms with Crippen LogP contribution in [0.4, 0.5) is 4.39 Å². The summed E-state index contributed by atoms with van der Waals surface area (Å²) in [6, 6.07) is 6.03. The summed E-state index contributed by atoms with van der Waals surface area (Å²) < 4.78 is 13.1. The molecule has 0 aliphatic rings. The van der Waals surface area contributed by atoms with Crippen molar-refractivity contribution in [2.75, 3.05) is 6.54 Å². The summed E-state index contributed by atoms with van der Waals surface area (Å²) in [4.78, 5) is 11.8. The maximum atomic E-state index is 13.1. The number of rotatable bonds is 6. The average molecular weight is 266 g/mol. The van der Waals surface area contributed by atoms with Crippen molar-refractivity contribution in [1.82, 2.24) is 10.6 Å². The van der Waals surface area contributed by atoms with E-state index in [0.29, 0.717) is 12.5 Å². The average Bonchev–Trinajstić information content (AvgIpc) is 2.35. The molecular formula is C15H23FN2O. The number of carbonyl (C=O) groups is 1. The SMILES string of the molecule is CC(C)CNC(=O)C(C)N[C@@H](C)c1cccc(F)c1. The van der Waals surface area contributed by atoms with Crippen molar-refractivity contribution in [1.29, 1.82) is 0 Å². The Morgan fingerprint density at radius 1 is 1.26 bits per heavy atom. The molecule has 106 valence electrons. The van der Waals surface area contributed by atoms with Crippen molar-refractivity contribution in [3.05, 3.63) is 35.6 Å². The highest BCUT2D eigenvalue weighted by Crippen LogP contribution is 2.14. The van der Waals surface area contributed by atoms with Crippen LogP contribution in [-0.4, -0.2) is 18.5 Å². The summed E-state index contributed by atoms with van der Waals surface area (Å²) in [5, 5.41) is 6.04. The van der Waals surface area contributed by atoms with Crippen LogP contribution in [0.5, 0.6) is 0 Å². The number of hydrogen-bond donors (Lipinski definition) is 2. The second-order valence-electron chi connectivity index (χ2n) is 5.30. The molecule has 0 spiro atoms. The molecule has 0 heterocycles. The largest absolute Gasteiger partial charge is 0.354 e. The summed E-state index contributed by atoms with van der Waals surface area (Å²) in [5.74, 6) is 0.136. The number of benzene rings is 1. The summed E-state index contributed by atoms with van der Waals surface area (Å²) in [6.45, 7) is 8.49. The fourth-order valence-electron chi connectivity index (χ4n) is 1.78. The van der Waals surface area contributed by atoms with E-state index in [9.17, 15) is 9.18 Å². The van der Waals surface area contributed by atoms with Crippen LogP contribution >= 0.6 is 0 Å². The van der Waals surface area contributed by atoms with Crippen LogP contribution in [0.3, 0.4) is 0 Å². The second kappa shape index (κ2) is 7.24. The van der Waals surface area contributed by atoms with Crippen LogP contribution in [0.25, 0.3) is 0 Å². The van der Waals surface area contributed by atoms with Gasteiger partial charge >= 0.3 is 0 Å². The van der Waals surface area contributed by atoms with E-state index < -0.39 is 0 Å². The second-order valence-corrected chi connectivity index (χ2v) is 5.30. The predicted octanol–water partition coefficient (Wildman–Crippen LogP) is 2.64. The van der Waals surface area contributed by atoms with Gasteiger partial charge in [0.15, 0.2) is 0 Å². The molecule has 1 unspecified atom stereocenters. The quantitative estimate of drug-likeness (QED) is 0.831. The first-order valence-corrected chi connectivity index (χ1v) is 6.69. The van der Waals surface area contributed by atoms with Crippen LogP contribution in [-0.2, 0) is 4.79 Å². The highest BCUT2D eigenvalue weighted by atomic mass is 19.1. The number of carbonyl (C=O) groups excluding carboxylic acids is 1. The summed E-state index contributed by atoms with van der Waals surface area (Å²) in [5.41, 5.74) is 0.837. The molecule has 1 aromatic rings. The lowest BCUT2D eigenvalue weighted by molar-refractivity contribution is -0.123. The lowest BCUT2D eigenvalue weighted by Gasteiger charge is -2.20. The molecule has 0 saturated heterocycles. The van der Waals surface area contributed by atoms with Gasteiger partial charge < -0.3 is 5.32 Å². The molecule has 0 aliphatic heterocycles. The van der Waals surface area contributed by atoms with Gasteiger partial charge in [0.1, 0.15) is 5.82 Å². The van der Waals surface area contributed by atoms with E-state index in [1.54, 1.807) is 6.07 Å². The third kappa shape index (κ3) is 5.39. The maximum absolute atomic E-state index is 13.1. The van der Waals surface area contributed by atoms with E-state index in [-0.39, 0.29) is 23.8 Å². The molecule has 19 heavy (non-hydrogen) atoms. The van der Waals surface area contributed by atoms with Crippen LogP contribution in [0.15, 0.2) is 24.3 Å². The van der Waals surface area contributed by atoms with Gasteiger partial charge in [-0.25, -0.2) is 4.39 Å². The zero-order chi connectivity index (χ0) is 14.4. The standard InChI is InChI=1S/C15H23FN2O/c1-10(2)9-17-15(19)12(4)18-11(3)13-6-5-7-14(16)8-13/h5-8,10-12,18H,9H2,1-4H3,(H,17,19)/t11-,12?/m0/s1. The minimum atomic E-state index is -0.308. The molecule has 1 aromatic carbocycles. The first-order valence-electron chi connectivity index (χ1n) is 6.69. The number of hydrogen-bond acceptors (Lipinski definition) is 2. The third-order valence-corrected chi connectivity index (χ3v) is 2.93. The van der Waals surface area contributed by atoms with Gasteiger partial charge in [0, 0.05) is 12.6 Å². The van der Waals surface area contributed by atoms with Crippen LogP contribution in [0.2, 0.25) is 0 Å². The van der Waals surface area contributed by atoms with Crippen molar-refractivity contribution in [3.8, 4) is 0 Å². The molecule has 0 aliphatic carbocycles. The third-order valence-electron chi connectivity index (χ3n) is 2.93. The fraction of sp³-hybridized carbons (Fsp3) is 0.533. The lowest BCUT2D eigenvalue weighted by atomic mass is 10.1. The predicted molar refractivity (Wildman–Crippen MR) is 75.3 cm³/mol. The number of amides is 1. The molecule has 2 N–H and O–H groups in total. The van der Waals surface area contributed by atoms with E-state index >= 15 is 0 Å². The first kappa shape index (κ1) is 15.6. The molecule has 2 atom stereocenters. The molecule has 1 rings (SSSR count). The Morgan fingerprint density at radius 2 is 1.95 bits per heavy atom. The van der Waals surface area contributed by atoms with Crippen LogP contribution in [0.1, 0.15) is 39.3 Å². The molecule has 4 heteroatoms. The Hall–Kier alpha value is -1.42. The fourth-order valence-corrected chi connectivity index (χ4v) is 1.78. The summed E-state index contributed by atoms with van der Waals surface area (Å²) >= 11 is 0. The minimum Gasteiger partial charge on any atom is -0.354 e. The molecule has 0 saturated carbocycles. The highest BCUT2D eigenvalue weighted by molar-refractivity contribution is 5.81. The van der Waals surface area contributed by atoms with Crippen LogP contribution < -0.4 is 10.6 Å². The van der Waals surface area contributed by atoms with Crippen molar-refractivity contribution >= 4 is 5.91 Å². The van der Waals surface area contributed by atoms with Gasteiger partial charge in [-0.3, -0.25) is 10.1 Å². The Bertz CT molecular complexity index is 420. The topological polar surface area (TPSA) is 41.1 Å². The van der Waals surface area contributed by atoms with E-state index in [1.807, 2.05) is 33.8 Å². The monoisotopic (exact) mass is 266 g/mol. The van der Waals surface area contributed by atoms with Gasteiger partial charge in [-0.05, 0) is 37.5 Å². The van der Waals surface area contributed by atoms with Gasteiger partial charge in [0.2, 0.25) is 5.91 Å². The van der Waals surface area contributed by atoms with Crippen molar-refractivity contribution < 1.29 is 9.18 Å². The zero-order valence-corrected chi connectivity index (χ0v) is 12.0. The van der Waals surface area contributed by atoms with E-state index in [2.05, 4.69) is 10.6 Å². The van der Waals surface area contributed by atoms with E-state index in [4.69, 9.17) is 0 Å². The molecule has 1 amide bonds. The molecule has 0 fully saturated rings. The first-order chi connectivity index (χ1) is 8.90. The van der Waals surface area contributed by atoms with Crippen molar-refractivity contribution in [3.63, 3.8) is 0 Å². The molecule has 0 aromatic heterocycles. The summed E-state index contributed by atoms with van der Waals surface area (Å²) in [6.07, 6.45) is 0. The smallest absolute Gasteiger partial charge is 0.236 e. The van der Waals surface area contributed by atoms with Crippen LogP contribution in [0, 0.1) is 11.7 Å². The normalized spacial score (nSPS) is 14.2. The zero-order valence-electron chi connectivity index (χ0n) is 12.0. The van der Waals surface area contributed by atoms with Gasteiger partial charge in [-0.1, -0.05) is 26.0 Å². The van der Waals surface area contributed by atoms with Gasteiger partial charge in [0.25, 0.3) is 0 Å². The Kier molecular flexibility index (Phi) is 5.96. The van der Waals surface area contributed by atoms with Crippen molar-refractivity contribution in [2.45, 2.75) is 39.8 Å². The van der Waals surface area contributed by atoms with Crippen molar-refractivity contribution in [2.24, 2.45) is 5.92 Å². The number of halogens is 1. The van der Waals surface area contributed by atoms with Gasteiger partial charge in [-0.2, -0.15) is 0 Å². The number of nitrogens with one attached hydrogen (secondary N) is 2. The van der Waals surface area contributed by atoms with E-state index in [1.165, 1.54) is 12.1 Å². The Morgan fingerprint density at radius 3 is 2.53 bits per heavy atom. The summed E-state index contributed by atoms with van der Waals surface area (Å²) in [7, 11) is 0. The van der Waals surface area contributed by atoms with Gasteiger partial charge in [-0.15, -0.1) is 0 Å². The highest BCUT2D eigenvalue weighted by Gasteiger charge is 2.16. The Balaban J connectivity index is 2.51. The molecule has 0 radical (unpaired) electrons.